The molecule has 0 bridgehead atoms. The van der Waals surface area contributed by atoms with Crippen LogP contribution in [0, 0.1) is 0 Å². The second-order valence-corrected chi connectivity index (χ2v) is 6.72. The summed E-state index contributed by atoms with van der Waals surface area (Å²) in [5, 5.41) is -0.337. The molecular weight excluding hydrogens is 252 g/mol. The van der Waals surface area contributed by atoms with Crippen LogP contribution in [0.1, 0.15) is 13.8 Å². The maximum atomic E-state index is 11.5. The van der Waals surface area contributed by atoms with Crippen molar-refractivity contribution in [3.8, 4) is 0 Å². The fourth-order valence-corrected chi connectivity index (χ4v) is 2.09. The first-order chi connectivity index (χ1) is 7.33. The van der Waals surface area contributed by atoms with E-state index in [1.807, 2.05) is 0 Å². The molecule has 0 spiro atoms. The molecule has 0 atom stereocenters. The van der Waals surface area contributed by atoms with Gasteiger partial charge in [-0.05, 0) is 13.8 Å². The van der Waals surface area contributed by atoms with E-state index in [0.717, 1.165) is 6.07 Å². The van der Waals surface area contributed by atoms with E-state index in [2.05, 4.69) is 4.98 Å². The van der Waals surface area contributed by atoms with Crippen molar-refractivity contribution in [3.05, 3.63) is 27.9 Å². The molecule has 0 aliphatic heterocycles. The number of sulfone groups is 1. The van der Waals surface area contributed by atoms with Gasteiger partial charge in [0.1, 0.15) is 5.15 Å². The summed E-state index contributed by atoms with van der Waals surface area (Å²) in [7, 11) is -3.14. The molecule has 0 amide bonds. The lowest BCUT2D eigenvalue weighted by molar-refractivity contribution is 0.577. The summed E-state index contributed by atoms with van der Waals surface area (Å²) in [6.07, 6.45) is 1.25. The molecule has 0 unspecified atom stereocenters. The van der Waals surface area contributed by atoms with Crippen LogP contribution in [0.15, 0.2) is 17.2 Å². The van der Waals surface area contributed by atoms with E-state index in [4.69, 9.17) is 11.6 Å². The van der Waals surface area contributed by atoms with Gasteiger partial charge in [0.05, 0.1) is 17.3 Å². The summed E-state index contributed by atoms with van der Waals surface area (Å²) in [5.41, 5.74) is -0.348. The molecule has 0 saturated heterocycles. The molecule has 0 aromatic carbocycles. The Morgan fingerprint density at radius 3 is 2.62 bits per heavy atom. The minimum Gasteiger partial charge on any atom is -0.298 e. The van der Waals surface area contributed by atoms with Crippen LogP contribution in [-0.2, 0) is 16.4 Å². The van der Waals surface area contributed by atoms with Crippen molar-refractivity contribution in [2.75, 3.05) is 5.75 Å². The molecular formula is C9H13ClN2O3S. The highest BCUT2D eigenvalue weighted by atomic mass is 35.5. The summed E-state index contributed by atoms with van der Waals surface area (Å²) in [6, 6.07) is 1.16. The number of aryl methyl sites for hydroxylation is 1. The van der Waals surface area contributed by atoms with Gasteiger partial charge in [0.15, 0.2) is 9.84 Å². The van der Waals surface area contributed by atoms with Gasteiger partial charge < -0.3 is 0 Å². The number of nitrogens with zero attached hydrogens (tertiary/aromatic N) is 2. The highest BCUT2D eigenvalue weighted by Gasteiger charge is 2.15. The Balaban J connectivity index is 2.80. The maximum Gasteiger partial charge on any atom is 0.254 e. The van der Waals surface area contributed by atoms with Gasteiger partial charge in [-0.3, -0.25) is 9.36 Å². The number of hydrogen-bond donors (Lipinski definition) is 0. The minimum atomic E-state index is -3.14. The van der Waals surface area contributed by atoms with E-state index in [1.165, 1.54) is 10.9 Å². The van der Waals surface area contributed by atoms with Crippen LogP contribution in [0.25, 0.3) is 0 Å². The van der Waals surface area contributed by atoms with E-state index >= 15 is 0 Å². The van der Waals surface area contributed by atoms with Crippen molar-refractivity contribution in [2.45, 2.75) is 25.6 Å². The van der Waals surface area contributed by atoms with Crippen LogP contribution >= 0.6 is 11.6 Å². The molecule has 0 aliphatic carbocycles. The van der Waals surface area contributed by atoms with Gasteiger partial charge in [-0.15, -0.1) is 0 Å². The van der Waals surface area contributed by atoms with Gasteiger partial charge in [-0.2, -0.15) is 0 Å². The van der Waals surface area contributed by atoms with E-state index in [-0.39, 0.29) is 23.0 Å². The summed E-state index contributed by atoms with van der Waals surface area (Å²) in [6.45, 7) is 3.32. The lowest BCUT2D eigenvalue weighted by Crippen LogP contribution is -2.26. The van der Waals surface area contributed by atoms with Crippen molar-refractivity contribution < 1.29 is 8.42 Å². The van der Waals surface area contributed by atoms with Gasteiger partial charge in [0.2, 0.25) is 0 Å². The molecule has 90 valence electrons. The molecule has 1 heterocycles. The fraction of sp³-hybridized carbons (Fsp3) is 0.556. The van der Waals surface area contributed by atoms with Crippen LogP contribution < -0.4 is 5.56 Å². The Hall–Kier alpha value is -0.880. The van der Waals surface area contributed by atoms with Gasteiger partial charge in [0, 0.05) is 12.6 Å². The quantitative estimate of drug-likeness (QED) is 0.752. The number of hydrogen-bond acceptors (Lipinski definition) is 4. The van der Waals surface area contributed by atoms with E-state index < -0.39 is 15.1 Å². The van der Waals surface area contributed by atoms with Crippen LogP contribution in [0.4, 0.5) is 0 Å². The number of halogens is 1. The molecule has 0 fully saturated rings. The minimum absolute atomic E-state index is 0.0755. The highest BCUT2D eigenvalue weighted by Crippen LogP contribution is 2.02. The molecule has 0 saturated carbocycles. The van der Waals surface area contributed by atoms with E-state index in [1.54, 1.807) is 13.8 Å². The van der Waals surface area contributed by atoms with Gasteiger partial charge >= 0.3 is 0 Å². The normalized spacial score (nSPS) is 12.0. The first-order valence-corrected chi connectivity index (χ1v) is 6.86. The Bertz CT molecular complexity index is 522. The largest absolute Gasteiger partial charge is 0.298 e. The third kappa shape index (κ3) is 3.31. The third-order valence-electron chi connectivity index (χ3n) is 2.18. The Morgan fingerprint density at radius 2 is 2.12 bits per heavy atom. The maximum absolute atomic E-state index is 11.5. The lowest BCUT2D eigenvalue weighted by Gasteiger charge is -2.08. The molecule has 0 N–H and O–H groups in total. The third-order valence-corrected chi connectivity index (χ3v) is 4.58. The van der Waals surface area contributed by atoms with Crippen molar-refractivity contribution in [1.82, 2.24) is 9.55 Å². The molecule has 5 nitrogen and oxygen atoms in total. The molecule has 1 aromatic rings. The second kappa shape index (κ2) is 4.97. The van der Waals surface area contributed by atoms with Gasteiger partial charge in [-0.25, -0.2) is 13.4 Å². The predicted octanol–water partition coefficient (Wildman–Crippen LogP) is 0.720. The average molecular weight is 265 g/mol. The molecule has 1 aromatic heterocycles. The Kier molecular flexibility index (Phi) is 4.09. The predicted molar refractivity (Wildman–Crippen MR) is 62.4 cm³/mol. The number of rotatable bonds is 4. The summed E-state index contributed by atoms with van der Waals surface area (Å²) in [4.78, 5) is 15.1. The van der Waals surface area contributed by atoms with Gasteiger partial charge in [0.25, 0.3) is 5.56 Å². The van der Waals surface area contributed by atoms with Crippen LogP contribution in [0.5, 0.6) is 0 Å². The topological polar surface area (TPSA) is 69.0 Å². The van der Waals surface area contributed by atoms with Crippen molar-refractivity contribution in [2.24, 2.45) is 0 Å². The first-order valence-electron chi connectivity index (χ1n) is 4.76. The monoisotopic (exact) mass is 264 g/mol. The zero-order valence-corrected chi connectivity index (χ0v) is 10.6. The fourth-order valence-electron chi connectivity index (χ4n) is 1.03. The summed E-state index contributed by atoms with van der Waals surface area (Å²) >= 11 is 5.51. The summed E-state index contributed by atoms with van der Waals surface area (Å²) < 4.78 is 24.3. The zero-order chi connectivity index (χ0) is 12.3. The molecule has 0 aliphatic rings. The Morgan fingerprint density at radius 1 is 1.50 bits per heavy atom. The van der Waals surface area contributed by atoms with Crippen LogP contribution in [0.3, 0.4) is 0 Å². The second-order valence-electron chi connectivity index (χ2n) is 3.66. The lowest BCUT2D eigenvalue weighted by atomic mass is 10.6. The standard InChI is InChI=1S/C9H13ClN2O3S/c1-7(2)16(14,15)4-3-12-6-11-8(10)5-9(12)13/h5-7H,3-4H2,1-2H3. The van der Waals surface area contributed by atoms with E-state index in [0.29, 0.717) is 0 Å². The summed E-state index contributed by atoms with van der Waals surface area (Å²) in [5.74, 6) is -0.0755. The van der Waals surface area contributed by atoms with Crippen LogP contribution in [0.2, 0.25) is 5.15 Å². The first kappa shape index (κ1) is 13.2. The molecule has 0 radical (unpaired) electrons. The van der Waals surface area contributed by atoms with Gasteiger partial charge in [-0.1, -0.05) is 11.6 Å². The van der Waals surface area contributed by atoms with Crippen LogP contribution in [-0.4, -0.2) is 29.0 Å². The van der Waals surface area contributed by atoms with E-state index in [9.17, 15) is 13.2 Å². The zero-order valence-electron chi connectivity index (χ0n) is 9.05. The van der Waals surface area contributed by atoms with Crippen molar-refractivity contribution >= 4 is 21.4 Å². The number of aromatic nitrogens is 2. The van der Waals surface area contributed by atoms with Crippen molar-refractivity contribution in [1.29, 1.82) is 0 Å². The highest BCUT2D eigenvalue weighted by molar-refractivity contribution is 7.91. The Labute approximate surface area is 99.0 Å². The SMILES string of the molecule is CC(C)S(=O)(=O)CCn1cnc(Cl)cc1=O. The molecule has 16 heavy (non-hydrogen) atoms. The van der Waals surface area contributed by atoms with Crippen molar-refractivity contribution in [3.63, 3.8) is 0 Å². The smallest absolute Gasteiger partial charge is 0.254 e. The average Bonchev–Trinajstić information content (AvgIpc) is 2.16. The molecule has 7 heteroatoms. The molecule has 1 rings (SSSR count).